The molecule has 1 fully saturated rings. The molecular formula is C23H21ClN6O2. The van der Waals surface area contributed by atoms with Crippen molar-refractivity contribution in [3.05, 3.63) is 76.4 Å². The smallest absolute Gasteiger partial charge is 0.256 e. The van der Waals surface area contributed by atoms with Gasteiger partial charge in [0.2, 0.25) is 11.7 Å². The second-order valence-corrected chi connectivity index (χ2v) is 8.29. The normalized spacial score (nSPS) is 16.0. The predicted molar refractivity (Wildman–Crippen MR) is 119 cm³/mol. The Labute approximate surface area is 189 Å². The van der Waals surface area contributed by atoms with Gasteiger partial charge in [-0.2, -0.15) is 20.0 Å². The van der Waals surface area contributed by atoms with Crippen molar-refractivity contribution in [3.63, 3.8) is 0 Å². The molecule has 4 aromatic rings. The van der Waals surface area contributed by atoms with Crippen molar-refractivity contribution < 1.29 is 9.32 Å². The maximum absolute atomic E-state index is 13.6. The van der Waals surface area contributed by atoms with E-state index in [0.717, 1.165) is 29.5 Å². The summed E-state index contributed by atoms with van der Waals surface area (Å²) in [5, 5.41) is 13.1. The Hall–Kier alpha value is -3.52. The number of hydrogen-bond acceptors (Lipinski definition) is 6. The van der Waals surface area contributed by atoms with Crippen LogP contribution in [0.2, 0.25) is 5.02 Å². The highest BCUT2D eigenvalue weighted by Crippen LogP contribution is 2.35. The summed E-state index contributed by atoms with van der Waals surface area (Å²) >= 11 is 6.37. The summed E-state index contributed by atoms with van der Waals surface area (Å²) in [6.45, 7) is 4.51. The third-order valence-electron chi connectivity index (χ3n) is 5.70. The second-order valence-electron chi connectivity index (χ2n) is 7.88. The lowest BCUT2D eigenvalue weighted by atomic mass is 10.1. The summed E-state index contributed by atoms with van der Waals surface area (Å²) in [5.74, 6) is 0.730. The van der Waals surface area contributed by atoms with Crippen LogP contribution < -0.4 is 0 Å². The molecule has 2 aromatic carbocycles. The zero-order valence-electron chi connectivity index (χ0n) is 17.7. The van der Waals surface area contributed by atoms with Crippen molar-refractivity contribution in [2.45, 2.75) is 32.7 Å². The van der Waals surface area contributed by atoms with Gasteiger partial charge in [0.05, 0.1) is 28.7 Å². The molecule has 162 valence electrons. The Balaban J connectivity index is 1.49. The molecule has 0 N–H and O–H groups in total. The molecule has 5 rings (SSSR count). The van der Waals surface area contributed by atoms with Crippen LogP contribution in [0.4, 0.5) is 0 Å². The van der Waals surface area contributed by atoms with E-state index in [2.05, 4.69) is 20.3 Å². The molecule has 1 atom stereocenters. The van der Waals surface area contributed by atoms with Crippen LogP contribution in [0.1, 0.15) is 46.3 Å². The maximum Gasteiger partial charge on any atom is 0.256 e. The Kier molecular flexibility index (Phi) is 5.22. The number of hydrogen-bond donors (Lipinski definition) is 0. The molecule has 0 radical (unpaired) electrons. The number of aromatic nitrogens is 5. The van der Waals surface area contributed by atoms with E-state index in [-0.39, 0.29) is 11.9 Å². The number of likely N-dealkylation sites (tertiary alicyclic amines) is 1. The van der Waals surface area contributed by atoms with E-state index in [4.69, 9.17) is 16.1 Å². The lowest BCUT2D eigenvalue weighted by Gasteiger charge is -2.23. The Morgan fingerprint density at radius 1 is 1.16 bits per heavy atom. The number of carbonyl (C=O) groups excluding carboxylic acids is 1. The van der Waals surface area contributed by atoms with E-state index >= 15 is 0 Å². The molecular weight excluding hydrogens is 428 g/mol. The third-order valence-corrected chi connectivity index (χ3v) is 6.02. The fraction of sp³-hybridized carbons (Fsp3) is 0.261. The molecule has 1 saturated heterocycles. The molecule has 0 unspecified atom stereocenters. The average molecular weight is 449 g/mol. The minimum Gasteiger partial charge on any atom is -0.337 e. The fourth-order valence-electron chi connectivity index (χ4n) is 4.14. The largest absolute Gasteiger partial charge is 0.337 e. The number of benzene rings is 2. The SMILES string of the molecule is Cc1ccc(-n2nccn2)c(C(=O)N2CCC[C@H]2c2nc(-c3c(C)cccc3Cl)no2)c1. The van der Waals surface area contributed by atoms with Gasteiger partial charge < -0.3 is 9.42 Å². The Morgan fingerprint density at radius 3 is 2.75 bits per heavy atom. The van der Waals surface area contributed by atoms with Gasteiger partial charge in [0, 0.05) is 12.1 Å². The first-order valence-corrected chi connectivity index (χ1v) is 10.8. The van der Waals surface area contributed by atoms with Gasteiger partial charge in [-0.05, 0) is 50.5 Å². The molecule has 0 saturated carbocycles. The van der Waals surface area contributed by atoms with Gasteiger partial charge in [-0.1, -0.05) is 40.5 Å². The topological polar surface area (TPSA) is 89.9 Å². The summed E-state index contributed by atoms with van der Waals surface area (Å²) < 4.78 is 5.61. The molecule has 9 heteroatoms. The summed E-state index contributed by atoms with van der Waals surface area (Å²) in [5.41, 5.74) is 3.85. The lowest BCUT2D eigenvalue weighted by Crippen LogP contribution is -2.31. The van der Waals surface area contributed by atoms with Crippen LogP contribution in [0, 0.1) is 13.8 Å². The molecule has 1 aliphatic heterocycles. The molecule has 2 aromatic heterocycles. The Bertz CT molecular complexity index is 1260. The van der Waals surface area contributed by atoms with Crippen LogP contribution in [-0.2, 0) is 0 Å². The third kappa shape index (κ3) is 3.56. The molecule has 0 aliphatic carbocycles. The summed E-state index contributed by atoms with van der Waals surface area (Å²) in [6, 6.07) is 11.0. The molecule has 0 bridgehead atoms. The van der Waals surface area contributed by atoms with Crippen molar-refractivity contribution in [1.29, 1.82) is 0 Å². The van der Waals surface area contributed by atoms with Crippen molar-refractivity contribution in [3.8, 4) is 17.1 Å². The monoisotopic (exact) mass is 448 g/mol. The minimum absolute atomic E-state index is 0.114. The number of rotatable bonds is 4. The molecule has 0 spiro atoms. The first-order valence-electron chi connectivity index (χ1n) is 10.4. The van der Waals surface area contributed by atoms with Crippen LogP contribution in [0.25, 0.3) is 17.1 Å². The van der Waals surface area contributed by atoms with Crippen molar-refractivity contribution in [1.82, 2.24) is 30.0 Å². The maximum atomic E-state index is 13.6. The predicted octanol–water partition coefficient (Wildman–Crippen LogP) is 4.56. The highest BCUT2D eigenvalue weighted by molar-refractivity contribution is 6.33. The van der Waals surface area contributed by atoms with Gasteiger partial charge in [0.1, 0.15) is 6.04 Å². The number of halogens is 1. The minimum atomic E-state index is -0.300. The summed E-state index contributed by atoms with van der Waals surface area (Å²) in [7, 11) is 0. The quantitative estimate of drug-likeness (QED) is 0.454. The number of amides is 1. The zero-order chi connectivity index (χ0) is 22.2. The highest BCUT2D eigenvalue weighted by atomic mass is 35.5. The van der Waals surface area contributed by atoms with Crippen molar-refractivity contribution in [2.75, 3.05) is 6.54 Å². The lowest BCUT2D eigenvalue weighted by molar-refractivity contribution is 0.0709. The fourth-order valence-corrected chi connectivity index (χ4v) is 4.45. The van der Waals surface area contributed by atoms with Gasteiger partial charge in [-0.25, -0.2) is 0 Å². The van der Waals surface area contributed by atoms with Crippen LogP contribution in [0.3, 0.4) is 0 Å². The zero-order valence-corrected chi connectivity index (χ0v) is 18.5. The van der Waals surface area contributed by atoms with E-state index in [1.807, 2.05) is 44.2 Å². The molecule has 1 amide bonds. The highest BCUT2D eigenvalue weighted by Gasteiger charge is 2.36. The molecule has 8 nitrogen and oxygen atoms in total. The van der Waals surface area contributed by atoms with E-state index in [0.29, 0.717) is 34.5 Å². The van der Waals surface area contributed by atoms with Gasteiger partial charge >= 0.3 is 0 Å². The summed E-state index contributed by atoms with van der Waals surface area (Å²) in [6.07, 6.45) is 4.77. The molecule has 32 heavy (non-hydrogen) atoms. The second kappa shape index (κ2) is 8.20. The van der Waals surface area contributed by atoms with Crippen molar-refractivity contribution in [2.24, 2.45) is 0 Å². The molecule has 1 aliphatic rings. The van der Waals surface area contributed by atoms with Crippen molar-refractivity contribution >= 4 is 17.5 Å². The molecule has 3 heterocycles. The van der Waals surface area contributed by atoms with Crippen LogP contribution >= 0.6 is 11.6 Å². The van der Waals surface area contributed by atoms with E-state index in [1.165, 1.54) is 4.80 Å². The number of aryl methyl sites for hydroxylation is 2. The summed E-state index contributed by atoms with van der Waals surface area (Å²) in [4.78, 5) is 21.5. The van der Waals surface area contributed by atoms with Gasteiger partial charge in [-0.15, -0.1) is 0 Å². The number of carbonyl (C=O) groups is 1. The van der Waals surface area contributed by atoms with Gasteiger partial charge in [-0.3, -0.25) is 4.79 Å². The standard InChI is InChI=1S/C23H21ClN6O2/c1-14-8-9-18(30-25-10-11-26-30)16(13-14)23(31)29-12-4-7-19(29)22-27-21(28-32-22)20-15(2)5-3-6-17(20)24/h3,5-6,8-11,13,19H,4,7,12H2,1-2H3/t19-/m0/s1. The first kappa shape index (κ1) is 20.4. The first-order chi connectivity index (χ1) is 15.5. The van der Waals surface area contributed by atoms with E-state index in [9.17, 15) is 4.79 Å². The van der Waals surface area contributed by atoms with E-state index in [1.54, 1.807) is 23.4 Å². The van der Waals surface area contributed by atoms with Gasteiger partial charge in [0.15, 0.2) is 0 Å². The Morgan fingerprint density at radius 2 is 1.97 bits per heavy atom. The van der Waals surface area contributed by atoms with Gasteiger partial charge in [0.25, 0.3) is 5.91 Å². The van der Waals surface area contributed by atoms with E-state index < -0.39 is 0 Å². The van der Waals surface area contributed by atoms with Crippen LogP contribution in [0.15, 0.2) is 53.3 Å². The number of nitrogens with zero attached hydrogens (tertiary/aromatic N) is 6. The van der Waals surface area contributed by atoms with Crippen LogP contribution in [-0.4, -0.2) is 42.5 Å². The van der Waals surface area contributed by atoms with Crippen LogP contribution in [0.5, 0.6) is 0 Å². The average Bonchev–Trinajstić information content (AvgIpc) is 3.54.